The second kappa shape index (κ2) is 8.45. The molecule has 1 unspecified atom stereocenters. The summed E-state index contributed by atoms with van der Waals surface area (Å²) in [5.74, 6) is 1.39. The summed E-state index contributed by atoms with van der Waals surface area (Å²) in [5.41, 5.74) is 1.46. The number of fused-ring (bicyclic) bond motifs is 3. The van der Waals surface area contributed by atoms with Crippen molar-refractivity contribution >= 4 is 40.1 Å². The summed E-state index contributed by atoms with van der Waals surface area (Å²) in [7, 11) is 1.62. The van der Waals surface area contributed by atoms with Crippen molar-refractivity contribution in [2.24, 2.45) is 0 Å². The molecule has 3 heterocycles. The number of anilines is 1. The first kappa shape index (κ1) is 20.4. The van der Waals surface area contributed by atoms with Gasteiger partial charge < -0.3 is 19.9 Å². The lowest BCUT2D eigenvalue weighted by Gasteiger charge is -2.40. The van der Waals surface area contributed by atoms with Crippen LogP contribution in [-0.2, 0) is 11.3 Å². The molecule has 0 spiro atoms. The predicted molar refractivity (Wildman–Crippen MR) is 116 cm³/mol. The fraction of sp³-hybridized carbons (Fsp3) is 0.400. The molecule has 1 aromatic carbocycles. The molecule has 1 atom stereocenters. The van der Waals surface area contributed by atoms with Crippen molar-refractivity contribution in [2.45, 2.75) is 19.6 Å². The van der Waals surface area contributed by atoms with Crippen molar-refractivity contribution in [3.63, 3.8) is 0 Å². The van der Waals surface area contributed by atoms with Crippen LogP contribution in [0, 0.1) is 0 Å². The summed E-state index contributed by atoms with van der Waals surface area (Å²) in [6.07, 6.45) is 1.67. The van der Waals surface area contributed by atoms with Gasteiger partial charge in [0, 0.05) is 49.7 Å². The highest BCUT2D eigenvalue weighted by Gasteiger charge is 2.30. The maximum Gasteiger partial charge on any atom is 0.318 e. The van der Waals surface area contributed by atoms with Crippen LogP contribution < -0.4 is 10.2 Å². The molecule has 0 bridgehead atoms. The number of rotatable bonds is 5. The van der Waals surface area contributed by atoms with Crippen molar-refractivity contribution in [1.29, 1.82) is 0 Å². The molecule has 0 aliphatic carbocycles. The summed E-state index contributed by atoms with van der Waals surface area (Å²) in [6.45, 7) is 8.25. The van der Waals surface area contributed by atoms with Gasteiger partial charge in [0.05, 0.1) is 5.52 Å². The highest BCUT2D eigenvalue weighted by molar-refractivity contribution is 6.31. The number of hydrogen-bond donors (Lipinski definition) is 1. The van der Waals surface area contributed by atoms with Gasteiger partial charge in [0.1, 0.15) is 6.61 Å². The Bertz CT molecular complexity index is 1100. The van der Waals surface area contributed by atoms with Crippen molar-refractivity contribution in [3.05, 3.63) is 41.7 Å². The summed E-state index contributed by atoms with van der Waals surface area (Å²) < 4.78 is 7.25. The molecule has 1 saturated heterocycles. The fourth-order valence-corrected chi connectivity index (χ4v) is 3.95. The largest absolute Gasteiger partial charge is 0.377 e. The number of methoxy groups -OCH3 is 1. The highest BCUT2D eigenvalue weighted by atomic mass is 35.5. The summed E-state index contributed by atoms with van der Waals surface area (Å²) >= 11 is 6.21. The van der Waals surface area contributed by atoms with Crippen LogP contribution in [0.5, 0.6) is 0 Å². The van der Waals surface area contributed by atoms with E-state index < -0.39 is 0 Å². The minimum absolute atomic E-state index is 0.00201. The standard InChI is InChI=1S/C20H24ClN7O2/c1-4-7-22-20(29)27-9-8-26(11-13(27)2)19-23-16-10-14(21)5-6-15(16)18-25-24-17(12-30-3)28(18)19/h4-6,10,13H,1,7-9,11-12H2,2-3H3,(H,22,29). The van der Waals surface area contributed by atoms with Crippen LogP contribution in [0.1, 0.15) is 12.7 Å². The lowest BCUT2D eigenvalue weighted by Crippen LogP contribution is -2.57. The molecule has 2 amide bonds. The molecule has 1 aliphatic heterocycles. The number of urea groups is 1. The Kier molecular flexibility index (Phi) is 5.74. The number of carbonyl (C=O) groups excluding carboxylic acids is 1. The molecular weight excluding hydrogens is 406 g/mol. The molecule has 3 aromatic rings. The maximum absolute atomic E-state index is 12.4. The van der Waals surface area contributed by atoms with Gasteiger partial charge in [0.2, 0.25) is 5.95 Å². The number of nitrogens with one attached hydrogen (secondary N) is 1. The molecule has 2 aromatic heterocycles. The third-order valence-corrected chi connectivity index (χ3v) is 5.43. The van der Waals surface area contributed by atoms with Crippen LogP contribution in [-0.4, -0.2) is 69.8 Å². The first-order valence-corrected chi connectivity index (χ1v) is 10.1. The van der Waals surface area contributed by atoms with Gasteiger partial charge in [-0.25, -0.2) is 14.2 Å². The number of nitrogens with zero attached hydrogens (tertiary/aromatic N) is 6. The van der Waals surface area contributed by atoms with E-state index in [2.05, 4.69) is 27.0 Å². The average molecular weight is 430 g/mol. The molecule has 0 saturated carbocycles. The van der Waals surface area contributed by atoms with E-state index >= 15 is 0 Å². The Hall–Kier alpha value is -2.91. The number of piperazine rings is 1. The quantitative estimate of drug-likeness (QED) is 0.627. The molecule has 10 heteroatoms. The lowest BCUT2D eigenvalue weighted by molar-refractivity contribution is 0.171. The normalized spacial score (nSPS) is 17.0. The van der Waals surface area contributed by atoms with E-state index in [1.165, 1.54) is 0 Å². The zero-order chi connectivity index (χ0) is 21.3. The molecule has 1 N–H and O–H groups in total. The van der Waals surface area contributed by atoms with Gasteiger partial charge in [0.25, 0.3) is 0 Å². The van der Waals surface area contributed by atoms with Gasteiger partial charge in [-0.05, 0) is 25.1 Å². The van der Waals surface area contributed by atoms with E-state index in [4.69, 9.17) is 21.3 Å². The average Bonchev–Trinajstić information content (AvgIpc) is 3.15. The smallest absolute Gasteiger partial charge is 0.318 e. The monoisotopic (exact) mass is 429 g/mol. The van der Waals surface area contributed by atoms with Gasteiger partial charge in [-0.3, -0.25) is 0 Å². The molecule has 9 nitrogen and oxygen atoms in total. The van der Waals surface area contributed by atoms with E-state index in [0.717, 1.165) is 16.9 Å². The predicted octanol–water partition coefficient (Wildman–Crippen LogP) is 2.48. The van der Waals surface area contributed by atoms with Gasteiger partial charge >= 0.3 is 6.03 Å². The molecule has 0 radical (unpaired) electrons. The van der Waals surface area contributed by atoms with Crippen molar-refractivity contribution in [2.75, 3.05) is 38.2 Å². The van der Waals surface area contributed by atoms with E-state index in [9.17, 15) is 4.79 Å². The summed E-state index contributed by atoms with van der Waals surface area (Å²) in [6, 6.07) is 5.46. The topological polar surface area (TPSA) is 87.9 Å². The Morgan fingerprint density at radius 3 is 2.97 bits per heavy atom. The van der Waals surface area contributed by atoms with Crippen LogP contribution in [0.25, 0.3) is 16.6 Å². The van der Waals surface area contributed by atoms with Crippen LogP contribution in [0.3, 0.4) is 0 Å². The number of aromatic nitrogens is 4. The van der Waals surface area contributed by atoms with Crippen molar-refractivity contribution in [3.8, 4) is 0 Å². The minimum Gasteiger partial charge on any atom is -0.377 e. The Labute approximate surface area is 179 Å². The maximum atomic E-state index is 12.4. The number of halogens is 1. The van der Waals surface area contributed by atoms with E-state index in [0.29, 0.717) is 49.3 Å². The van der Waals surface area contributed by atoms with E-state index in [-0.39, 0.29) is 12.1 Å². The summed E-state index contributed by atoms with van der Waals surface area (Å²) in [5, 5.41) is 13.0. The minimum atomic E-state index is -0.0881. The highest BCUT2D eigenvalue weighted by Crippen LogP contribution is 2.28. The van der Waals surface area contributed by atoms with Crippen LogP contribution in [0.2, 0.25) is 5.02 Å². The molecule has 4 rings (SSSR count). The van der Waals surface area contributed by atoms with Crippen LogP contribution in [0.15, 0.2) is 30.9 Å². The zero-order valence-corrected chi connectivity index (χ0v) is 17.8. The third-order valence-electron chi connectivity index (χ3n) is 5.19. The van der Waals surface area contributed by atoms with Gasteiger partial charge in [-0.15, -0.1) is 16.8 Å². The molecule has 30 heavy (non-hydrogen) atoms. The molecule has 1 aliphatic rings. The van der Waals surface area contributed by atoms with Crippen LogP contribution in [0.4, 0.5) is 10.7 Å². The van der Waals surface area contributed by atoms with Gasteiger partial charge in [0.15, 0.2) is 11.5 Å². The van der Waals surface area contributed by atoms with Crippen molar-refractivity contribution in [1.82, 2.24) is 29.8 Å². The van der Waals surface area contributed by atoms with Gasteiger partial charge in [-0.1, -0.05) is 17.7 Å². The second-order valence-electron chi connectivity index (χ2n) is 7.24. The van der Waals surface area contributed by atoms with E-state index in [1.54, 1.807) is 13.2 Å². The number of hydrogen-bond acceptors (Lipinski definition) is 6. The molecular formula is C20H24ClN7O2. The first-order valence-electron chi connectivity index (χ1n) is 9.76. The number of amides is 2. The number of carbonyl (C=O) groups is 1. The molecule has 158 valence electrons. The number of ether oxygens (including phenoxy) is 1. The van der Waals surface area contributed by atoms with E-state index in [1.807, 2.05) is 34.4 Å². The first-order chi connectivity index (χ1) is 14.5. The Morgan fingerprint density at radius 2 is 2.23 bits per heavy atom. The second-order valence-corrected chi connectivity index (χ2v) is 7.68. The van der Waals surface area contributed by atoms with Crippen LogP contribution >= 0.6 is 11.6 Å². The lowest BCUT2D eigenvalue weighted by atomic mass is 10.2. The Balaban J connectivity index is 1.73. The van der Waals surface area contributed by atoms with Crippen molar-refractivity contribution < 1.29 is 9.53 Å². The fourth-order valence-electron chi connectivity index (χ4n) is 3.78. The summed E-state index contributed by atoms with van der Waals surface area (Å²) in [4.78, 5) is 21.3. The van der Waals surface area contributed by atoms with Gasteiger partial charge in [-0.2, -0.15) is 0 Å². The molecule has 1 fully saturated rings. The zero-order valence-electron chi connectivity index (χ0n) is 17.0. The SMILES string of the molecule is C=CCNC(=O)N1CCN(c2nc3cc(Cl)ccc3c3nnc(COC)n23)CC1C. The Morgan fingerprint density at radius 1 is 1.40 bits per heavy atom. The third kappa shape index (κ3) is 3.66. The number of benzene rings is 1.